The second-order valence-electron chi connectivity index (χ2n) is 10.5. The molecule has 3 aliphatic rings. The smallest absolute Gasteiger partial charge is 0.254 e. The molecule has 198 valence electrons. The molecule has 0 atom stereocenters. The van der Waals surface area contributed by atoms with E-state index in [1.807, 2.05) is 59.5 Å². The van der Waals surface area contributed by atoms with Crippen molar-refractivity contribution >= 4 is 17.5 Å². The molecular weight excluding hydrogens is 480 g/mol. The fourth-order valence-electron chi connectivity index (χ4n) is 5.35. The van der Waals surface area contributed by atoms with Gasteiger partial charge in [-0.05, 0) is 77.4 Å². The number of carbonyl (C=O) groups excluding carboxylic acids is 2. The molecule has 1 aliphatic carbocycles. The Bertz CT molecular complexity index is 1380. The van der Waals surface area contributed by atoms with Crippen LogP contribution in [0.3, 0.4) is 0 Å². The molecule has 0 unspecified atom stereocenters. The number of morpholine rings is 1. The summed E-state index contributed by atoms with van der Waals surface area (Å²) in [5.41, 5.74) is 5.10. The van der Waals surface area contributed by atoms with Crippen LogP contribution in [-0.4, -0.2) is 49.8 Å². The van der Waals surface area contributed by atoms with Crippen molar-refractivity contribution < 1.29 is 25.2 Å². The van der Waals surface area contributed by atoms with E-state index in [0.717, 1.165) is 41.0 Å². The van der Waals surface area contributed by atoms with E-state index in [1.165, 1.54) is 5.56 Å². The lowest BCUT2D eigenvalue weighted by Gasteiger charge is -2.27. The maximum atomic E-state index is 13.5. The Hall–Kier alpha value is -3.84. The average molecular weight is 515 g/mol. The zero-order valence-electron chi connectivity index (χ0n) is 21.8. The van der Waals surface area contributed by atoms with E-state index in [2.05, 4.69) is 25.2 Å². The largest absolute Gasteiger partial charge is 0.454 e. The van der Waals surface area contributed by atoms with E-state index in [4.69, 9.17) is 14.2 Å². The van der Waals surface area contributed by atoms with Gasteiger partial charge in [0.05, 0.1) is 18.6 Å². The van der Waals surface area contributed by atoms with Crippen molar-refractivity contribution in [2.24, 2.45) is 0 Å². The van der Waals surface area contributed by atoms with Gasteiger partial charge >= 0.3 is 0 Å². The molecule has 1 saturated heterocycles. The molecule has 2 fully saturated rings. The molecule has 1 N–H and O–H groups in total. The molecular formula is C31H34N2O5. The third-order valence-corrected chi connectivity index (χ3v) is 7.78. The standard InChI is InChI=1S/C31H32N2O5.H2/c1-20(2)25-9-8-24(32-30(35)31(11-12-31)23-7-10-27-28(17-23)38-19-37-27)18-26(25)21-3-5-22(6-4-21)29(34)33-13-15-36-16-14-33;/h3-10,17-18,20H,11-16,19H2,1-2H3,(H,32,35);1H. The Balaban J connectivity index is 0.00000308. The summed E-state index contributed by atoms with van der Waals surface area (Å²) in [5, 5.41) is 3.18. The molecule has 0 radical (unpaired) electrons. The van der Waals surface area contributed by atoms with Crippen LogP contribution >= 0.6 is 0 Å². The molecule has 6 rings (SSSR count). The molecule has 2 heterocycles. The van der Waals surface area contributed by atoms with Crippen LogP contribution in [0.15, 0.2) is 60.7 Å². The van der Waals surface area contributed by atoms with Crippen LogP contribution < -0.4 is 14.8 Å². The first-order chi connectivity index (χ1) is 18.4. The minimum atomic E-state index is -0.542. The number of ether oxygens (including phenoxy) is 3. The number of hydrogen-bond acceptors (Lipinski definition) is 5. The molecule has 0 spiro atoms. The van der Waals surface area contributed by atoms with E-state index in [0.29, 0.717) is 43.5 Å². The van der Waals surface area contributed by atoms with Crippen LogP contribution in [0.1, 0.15) is 55.5 Å². The summed E-state index contributed by atoms with van der Waals surface area (Å²) in [5.74, 6) is 1.74. The lowest BCUT2D eigenvalue weighted by atomic mass is 9.91. The van der Waals surface area contributed by atoms with Gasteiger partial charge in [-0.2, -0.15) is 0 Å². The molecule has 38 heavy (non-hydrogen) atoms. The van der Waals surface area contributed by atoms with Crippen LogP contribution in [-0.2, 0) is 14.9 Å². The van der Waals surface area contributed by atoms with Crippen molar-refractivity contribution in [3.8, 4) is 22.6 Å². The summed E-state index contributed by atoms with van der Waals surface area (Å²) >= 11 is 0. The summed E-state index contributed by atoms with van der Waals surface area (Å²) in [6.45, 7) is 6.93. The molecule has 3 aromatic carbocycles. The SMILES string of the molecule is CC(C)c1ccc(NC(=O)C2(c3ccc4c(c3)OCO4)CC2)cc1-c1ccc(C(=O)N2CCOCC2)cc1.[HH]. The fraction of sp³-hybridized carbons (Fsp3) is 0.355. The lowest BCUT2D eigenvalue weighted by Crippen LogP contribution is -2.40. The number of carbonyl (C=O) groups is 2. The highest BCUT2D eigenvalue weighted by molar-refractivity contribution is 6.02. The first kappa shape index (κ1) is 24.5. The summed E-state index contributed by atoms with van der Waals surface area (Å²) in [4.78, 5) is 28.2. The minimum Gasteiger partial charge on any atom is -0.454 e. The number of benzene rings is 3. The van der Waals surface area contributed by atoms with E-state index in [1.54, 1.807) is 0 Å². The lowest BCUT2D eigenvalue weighted by molar-refractivity contribution is -0.118. The van der Waals surface area contributed by atoms with Crippen LogP contribution in [0, 0.1) is 0 Å². The van der Waals surface area contributed by atoms with Crippen LogP contribution in [0.4, 0.5) is 5.69 Å². The Morgan fingerprint density at radius 2 is 1.66 bits per heavy atom. The molecule has 3 aromatic rings. The maximum Gasteiger partial charge on any atom is 0.254 e. The Morgan fingerprint density at radius 1 is 0.921 bits per heavy atom. The molecule has 2 amide bonds. The van der Waals surface area contributed by atoms with E-state index >= 15 is 0 Å². The van der Waals surface area contributed by atoms with Gasteiger partial charge in [0, 0.05) is 25.8 Å². The summed E-state index contributed by atoms with van der Waals surface area (Å²) in [6.07, 6.45) is 1.60. The molecule has 0 aromatic heterocycles. The summed E-state index contributed by atoms with van der Waals surface area (Å²) in [6, 6.07) is 19.7. The molecule has 0 bridgehead atoms. The van der Waals surface area contributed by atoms with Crippen molar-refractivity contribution in [3.05, 3.63) is 77.4 Å². The zero-order chi connectivity index (χ0) is 26.3. The van der Waals surface area contributed by atoms with Crippen molar-refractivity contribution in [2.75, 3.05) is 38.4 Å². The van der Waals surface area contributed by atoms with Crippen LogP contribution in [0.5, 0.6) is 11.5 Å². The number of fused-ring (bicyclic) bond motifs is 1. The van der Waals surface area contributed by atoms with Gasteiger partial charge < -0.3 is 24.4 Å². The highest BCUT2D eigenvalue weighted by Crippen LogP contribution is 2.51. The quantitative estimate of drug-likeness (QED) is 0.464. The van der Waals surface area contributed by atoms with Crippen molar-refractivity contribution in [3.63, 3.8) is 0 Å². The van der Waals surface area contributed by atoms with Crippen LogP contribution in [0.25, 0.3) is 11.1 Å². The number of hydrogen-bond donors (Lipinski definition) is 1. The number of nitrogens with one attached hydrogen (secondary N) is 1. The summed E-state index contributed by atoms with van der Waals surface area (Å²) in [7, 11) is 0. The summed E-state index contributed by atoms with van der Waals surface area (Å²) < 4.78 is 16.3. The highest BCUT2D eigenvalue weighted by Gasteiger charge is 2.51. The highest BCUT2D eigenvalue weighted by atomic mass is 16.7. The van der Waals surface area contributed by atoms with Crippen molar-refractivity contribution in [2.45, 2.75) is 38.0 Å². The minimum absolute atomic E-state index is 0. The number of amides is 2. The normalized spacial score (nSPS) is 17.4. The van der Waals surface area contributed by atoms with E-state index in [9.17, 15) is 9.59 Å². The topological polar surface area (TPSA) is 77.1 Å². The van der Waals surface area contributed by atoms with Gasteiger partial charge in [0.2, 0.25) is 12.7 Å². The van der Waals surface area contributed by atoms with Gasteiger partial charge in [0.15, 0.2) is 11.5 Å². The molecule has 2 aliphatic heterocycles. The van der Waals surface area contributed by atoms with Gasteiger partial charge in [-0.1, -0.05) is 38.1 Å². The number of nitrogens with zero attached hydrogens (tertiary/aromatic N) is 1. The molecule has 7 nitrogen and oxygen atoms in total. The maximum absolute atomic E-state index is 13.5. The second-order valence-corrected chi connectivity index (χ2v) is 10.5. The molecule has 7 heteroatoms. The predicted octanol–water partition coefficient (Wildman–Crippen LogP) is 5.59. The Labute approximate surface area is 224 Å². The Kier molecular flexibility index (Phi) is 6.32. The van der Waals surface area contributed by atoms with Crippen LogP contribution in [0.2, 0.25) is 0 Å². The third-order valence-electron chi connectivity index (χ3n) is 7.78. The average Bonchev–Trinajstić information content (AvgIpc) is 3.63. The predicted molar refractivity (Wildman–Crippen MR) is 147 cm³/mol. The first-order valence-electron chi connectivity index (χ1n) is 13.3. The number of anilines is 1. The van der Waals surface area contributed by atoms with Gasteiger partial charge in [0.25, 0.3) is 5.91 Å². The zero-order valence-corrected chi connectivity index (χ0v) is 21.8. The van der Waals surface area contributed by atoms with Crippen molar-refractivity contribution in [1.82, 2.24) is 4.90 Å². The Morgan fingerprint density at radius 3 is 2.37 bits per heavy atom. The van der Waals surface area contributed by atoms with E-state index < -0.39 is 5.41 Å². The fourth-order valence-corrected chi connectivity index (χ4v) is 5.35. The monoisotopic (exact) mass is 514 g/mol. The third kappa shape index (κ3) is 4.52. The van der Waals surface area contributed by atoms with Gasteiger partial charge in [-0.25, -0.2) is 0 Å². The van der Waals surface area contributed by atoms with Gasteiger partial charge in [-0.15, -0.1) is 0 Å². The van der Waals surface area contributed by atoms with Crippen molar-refractivity contribution in [1.29, 1.82) is 0 Å². The van der Waals surface area contributed by atoms with Gasteiger partial charge in [-0.3, -0.25) is 9.59 Å². The number of rotatable bonds is 6. The van der Waals surface area contributed by atoms with E-state index in [-0.39, 0.29) is 20.0 Å². The van der Waals surface area contributed by atoms with Gasteiger partial charge in [0.1, 0.15) is 0 Å². The first-order valence-corrected chi connectivity index (χ1v) is 13.3. The molecule has 1 saturated carbocycles. The second kappa shape index (κ2) is 9.80.